The van der Waals surface area contributed by atoms with E-state index in [1.165, 1.54) is 32.8 Å². The monoisotopic (exact) mass is 465 g/mol. The van der Waals surface area contributed by atoms with Crippen LogP contribution in [0.3, 0.4) is 0 Å². The third-order valence-electron chi connectivity index (χ3n) is 5.64. The molecule has 0 atom stereocenters. The van der Waals surface area contributed by atoms with Gasteiger partial charge in [-0.25, -0.2) is 9.37 Å². The maximum Gasteiger partial charge on any atom is 0.266 e. The van der Waals surface area contributed by atoms with E-state index in [0.29, 0.717) is 40.4 Å². The Morgan fingerprint density at radius 3 is 2.91 bits per heavy atom. The van der Waals surface area contributed by atoms with Gasteiger partial charge in [0.15, 0.2) is 5.16 Å². The molecule has 2 aromatic heterocycles. The van der Waals surface area contributed by atoms with Crippen LogP contribution in [0.25, 0.3) is 16.6 Å². The Morgan fingerprint density at radius 2 is 2.06 bits per heavy atom. The van der Waals surface area contributed by atoms with Gasteiger partial charge in [0.25, 0.3) is 5.56 Å². The van der Waals surface area contributed by atoms with Gasteiger partial charge in [-0.2, -0.15) is 0 Å². The van der Waals surface area contributed by atoms with Crippen molar-refractivity contribution in [1.29, 1.82) is 0 Å². The van der Waals surface area contributed by atoms with Crippen molar-refractivity contribution in [3.05, 3.63) is 86.1 Å². The first-order chi connectivity index (χ1) is 15.5. The second-order valence-corrected chi connectivity index (χ2v) is 9.65. The third kappa shape index (κ3) is 3.84. The zero-order valence-corrected chi connectivity index (χ0v) is 19.0. The Balaban J connectivity index is 1.48. The van der Waals surface area contributed by atoms with Crippen LogP contribution in [0, 0.1) is 12.7 Å². The fourth-order valence-electron chi connectivity index (χ4n) is 3.84. The minimum absolute atomic E-state index is 0.00380. The molecule has 4 aromatic rings. The molecule has 0 radical (unpaired) electrons. The molecule has 0 aliphatic carbocycles. The first-order valence-corrected chi connectivity index (χ1v) is 12.1. The highest BCUT2D eigenvalue weighted by molar-refractivity contribution is 7.99. The minimum Gasteiger partial charge on any atom is -0.337 e. The second kappa shape index (κ2) is 8.52. The van der Waals surface area contributed by atoms with Crippen LogP contribution in [0.1, 0.15) is 16.0 Å². The van der Waals surface area contributed by atoms with Crippen LogP contribution >= 0.6 is 23.1 Å². The average Bonchev–Trinajstić information content (AvgIpc) is 3.27. The molecule has 0 unspecified atom stereocenters. The van der Waals surface area contributed by atoms with E-state index in [-0.39, 0.29) is 17.2 Å². The smallest absolute Gasteiger partial charge is 0.266 e. The number of nitrogens with zero attached hydrogens (tertiary/aromatic N) is 3. The first-order valence-electron chi connectivity index (χ1n) is 10.3. The number of rotatable bonds is 4. The van der Waals surface area contributed by atoms with Crippen molar-refractivity contribution < 1.29 is 9.18 Å². The van der Waals surface area contributed by atoms with E-state index in [2.05, 4.69) is 16.4 Å². The fourth-order valence-corrected chi connectivity index (χ4v) is 5.64. The highest BCUT2D eigenvalue weighted by Gasteiger charge is 2.23. The lowest BCUT2D eigenvalue weighted by Crippen LogP contribution is -2.36. The lowest BCUT2D eigenvalue weighted by Gasteiger charge is -2.27. The van der Waals surface area contributed by atoms with Crippen LogP contribution in [0.5, 0.6) is 0 Å². The number of carbonyl (C=O) groups is 1. The van der Waals surface area contributed by atoms with Gasteiger partial charge in [0.2, 0.25) is 5.91 Å². The summed E-state index contributed by atoms with van der Waals surface area (Å²) in [5, 5.41) is 2.88. The summed E-state index contributed by atoms with van der Waals surface area (Å²) in [4.78, 5) is 34.1. The van der Waals surface area contributed by atoms with Crippen molar-refractivity contribution in [2.45, 2.75) is 25.0 Å². The minimum atomic E-state index is -0.394. The molecule has 5 nitrogen and oxygen atoms in total. The zero-order valence-electron chi connectivity index (χ0n) is 17.4. The Labute approximate surface area is 192 Å². The molecule has 0 spiro atoms. The predicted molar refractivity (Wildman–Crippen MR) is 126 cm³/mol. The number of thiophene rings is 1. The van der Waals surface area contributed by atoms with E-state index >= 15 is 0 Å². The van der Waals surface area contributed by atoms with E-state index < -0.39 is 5.82 Å². The summed E-state index contributed by atoms with van der Waals surface area (Å²) in [7, 11) is 0. The Hall–Kier alpha value is -2.97. The van der Waals surface area contributed by atoms with Crippen molar-refractivity contribution in [3.8, 4) is 5.69 Å². The molecule has 1 amide bonds. The van der Waals surface area contributed by atoms with E-state index in [4.69, 9.17) is 0 Å². The van der Waals surface area contributed by atoms with Crippen LogP contribution in [-0.2, 0) is 17.8 Å². The van der Waals surface area contributed by atoms with Gasteiger partial charge < -0.3 is 4.90 Å². The molecule has 1 aliphatic heterocycles. The molecule has 0 fully saturated rings. The topological polar surface area (TPSA) is 55.2 Å². The molecule has 0 saturated carbocycles. The van der Waals surface area contributed by atoms with E-state index in [1.54, 1.807) is 48.6 Å². The Morgan fingerprint density at radius 1 is 1.22 bits per heavy atom. The molecule has 1 aliphatic rings. The highest BCUT2D eigenvalue weighted by Crippen LogP contribution is 2.26. The van der Waals surface area contributed by atoms with E-state index in [1.807, 2.05) is 11.0 Å². The molecular formula is C24H20FN3O2S2. The number of para-hydroxylation sites is 1. The number of hydrogen-bond acceptors (Lipinski definition) is 5. The maximum atomic E-state index is 14.3. The van der Waals surface area contributed by atoms with Gasteiger partial charge in [0.1, 0.15) is 5.82 Å². The first kappa shape index (κ1) is 20.9. The molecule has 3 heterocycles. The summed E-state index contributed by atoms with van der Waals surface area (Å²) >= 11 is 2.94. The molecule has 5 rings (SSSR count). The lowest BCUT2D eigenvalue weighted by atomic mass is 10.1. The van der Waals surface area contributed by atoms with E-state index in [9.17, 15) is 14.0 Å². The van der Waals surface area contributed by atoms with Crippen LogP contribution in [0.2, 0.25) is 0 Å². The van der Waals surface area contributed by atoms with Gasteiger partial charge in [-0.3, -0.25) is 14.2 Å². The van der Waals surface area contributed by atoms with Gasteiger partial charge in [0.05, 0.1) is 22.3 Å². The fraction of sp³-hybridized carbons (Fsp3) is 0.208. The number of carbonyl (C=O) groups excluding carboxylic acids is 1. The molecule has 8 heteroatoms. The summed E-state index contributed by atoms with van der Waals surface area (Å²) in [5.41, 5.74) is 2.37. The highest BCUT2D eigenvalue weighted by atomic mass is 32.2. The molecule has 0 N–H and O–H groups in total. The number of benzene rings is 2. The van der Waals surface area contributed by atoms with E-state index in [0.717, 1.165) is 6.42 Å². The van der Waals surface area contributed by atoms with Gasteiger partial charge in [-0.1, -0.05) is 30.0 Å². The summed E-state index contributed by atoms with van der Waals surface area (Å²) in [6.45, 7) is 2.97. The summed E-state index contributed by atoms with van der Waals surface area (Å²) in [6, 6.07) is 13.8. The van der Waals surface area contributed by atoms with Crippen LogP contribution < -0.4 is 5.56 Å². The maximum absolute atomic E-state index is 14.3. The summed E-state index contributed by atoms with van der Waals surface area (Å²) in [6.07, 6.45) is 0.866. The third-order valence-corrected chi connectivity index (χ3v) is 7.59. The molecular weight excluding hydrogens is 445 g/mol. The average molecular weight is 466 g/mol. The number of thioether (sulfide) groups is 1. The van der Waals surface area contributed by atoms with Crippen LogP contribution in [0.15, 0.2) is 63.9 Å². The summed E-state index contributed by atoms with van der Waals surface area (Å²) < 4.78 is 15.7. The lowest BCUT2D eigenvalue weighted by molar-refractivity contribution is -0.129. The molecule has 0 saturated heterocycles. The number of aromatic nitrogens is 2. The van der Waals surface area contributed by atoms with Crippen molar-refractivity contribution >= 4 is 39.9 Å². The second-order valence-electron chi connectivity index (χ2n) is 7.71. The standard InChI is InChI=1S/C24H20FN3O2S2/c1-15-6-7-17(12-19(15)25)28-23(30)18-4-2-3-5-20(18)26-24(28)32-14-22(29)27-10-8-21-16(13-27)9-11-31-21/h2-7,9,11-12H,8,10,13-14H2,1H3. The van der Waals surface area contributed by atoms with Crippen molar-refractivity contribution in [2.75, 3.05) is 12.3 Å². The number of aryl methyl sites for hydroxylation is 1. The molecule has 32 heavy (non-hydrogen) atoms. The molecule has 2 aromatic carbocycles. The molecule has 162 valence electrons. The van der Waals surface area contributed by atoms with Crippen LogP contribution in [-0.4, -0.2) is 32.7 Å². The SMILES string of the molecule is Cc1ccc(-n2c(SCC(=O)N3CCc4sccc4C3)nc3ccccc3c2=O)cc1F. The number of amides is 1. The largest absolute Gasteiger partial charge is 0.337 e. The Kier molecular flexibility index (Phi) is 5.57. The van der Waals surface area contributed by atoms with Crippen molar-refractivity contribution in [2.24, 2.45) is 0 Å². The summed E-state index contributed by atoms with van der Waals surface area (Å²) in [5.74, 6) is -0.246. The van der Waals surface area contributed by atoms with Gasteiger partial charge >= 0.3 is 0 Å². The van der Waals surface area contributed by atoms with Gasteiger partial charge in [-0.05, 0) is 60.2 Å². The normalized spacial score (nSPS) is 13.4. The van der Waals surface area contributed by atoms with Gasteiger partial charge in [0, 0.05) is 18.0 Å². The number of halogens is 1. The quantitative estimate of drug-likeness (QED) is 0.327. The predicted octanol–water partition coefficient (Wildman–Crippen LogP) is 4.57. The van der Waals surface area contributed by atoms with Gasteiger partial charge in [-0.15, -0.1) is 11.3 Å². The van der Waals surface area contributed by atoms with Crippen LogP contribution in [0.4, 0.5) is 4.39 Å². The number of fused-ring (bicyclic) bond motifs is 2. The van der Waals surface area contributed by atoms with Crippen molar-refractivity contribution in [3.63, 3.8) is 0 Å². The van der Waals surface area contributed by atoms with Crippen molar-refractivity contribution in [1.82, 2.24) is 14.5 Å². The Bertz CT molecular complexity index is 1400. The zero-order chi connectivity index (χ0) is 22.2. The molecule has 0 bridgehead atoms. The number of hydrogen-bond donors (Lipinski definition) is 0.